The number of fused-ring (bicyclic) bond motifs is 2. The zero-order valence-corrected chi connectivity index (χ0v) is 10.6. The van der Waals surface area contributed by atoms with Gasteiger partial charge < -0.3 is 11.1 Å². The minimum absolute atomic E-state index is 0.318. The molecule has 0 aliphatic carbocycles. The van der Waals surface area contributed by atoms with Gasteiger partial charge in [0.15, 0.2) is 0 Å². The molecular weight excluding hydrogens is 249 g/mol. The first kappa shape index (κ1) is 11.2. The predicted octanol–water partition coefficient (Wildman–Crippen LogP) is 1.12. The van der Waals surface area contributed by atoms with Crippen LogP contribution in [0.15, 0.2) is 18.3 Å². The molecule has 0 saturated heterocycles. The van der Waals surface area contributed by atoms with E-state index in [-0.39, 0.29) is 5.82 Å². The minimum atomic E-state index is -0.318. The maximum Gasteiger partial charge on any atom is 0.135 e. The third-order valence-electron chi connectivity index (χ3n) is 2.96. The molecule has 0 unspecified atom stereocenters. The van der Waals surface area contributed by atoms with E-state index < -0.39 is 0 Å². The third kappa shape index (κ3) is 1.59. The molecule has 1 aliphatic rings. The Morgan fingerprint density at radius 1 is 1.50 bits per heavy atom. The van der Waals surface area contributed by atoms with Gasteiger partial charge in [-0.15, -0.1) is 11.3 Å². The molecule has 1 aliphatic heterocycles. The quantitative estimate of drug-likeness (QED) is 0.809. The number of hydrogen-bond acceptors (Lipinski definition) is 4. The summed E-state index contributed by atoms with van der Waals surface area (Å²) >= 11 is 1.64. The SMILES string of the molecule is CCc1cc2c(s1)NC=c1c(F)ccnc1=C2N. The number of halogens is 1. The van der Waals surface area contributed by atoms with Crippen molar-refractivity contribution in [3.05, 3.63) is 45.2 Å². The van der Waals surface area contributed by atoms with Gasteiger partial charge in [-0.25, -0.2) is 4.39 Å². The van der Waals surface area contributed by atoms with Gasteiger partial charge in [-0.3, -0.25) is 4.98 Å². The highest BCUT2D eigenvalue weighted by Crippen LogP contribution is 2.31. The molecule has 0 fully saturated rings. The van der Waals surface area contributed by atoms with E-state index >= 15 is 0 Å². The van der Waals surface area contributed by atoms with Gasteiger partial charge in [0.25, 0.3) is 0 Å². The number of nitrogens with one attached hydrogen (secondary N) is 1. The van der Waals surface area contributed by atoms with Crippen LogP contribution in [0, 0.1) is 5.82 Å². The van der Waals surface area contributed by atoms with E-state index in [1.807, 2.05) is 6.07 Å². The van der Waals surface area contributed by atoms with Crippen molar-refractivity contribution in [3.63, 3.8) is 0 Å². The van der Waals surface area contributed by atoms with Gasteiger partial charge in [0.1, 0.15) is 10.8 Å². The lowest BCUT2D eigenvalue weighted by atomic mass is 10.2. The lowest BCUT2D eigenvalue weighted by molar-refractivity contribution is 0.613. The van der Waals surface area contributed by atoms with Crippen LogP contribution in [0.2, 0.25) is 0 Å². The number of pyridine rings is 1. The van der Waals surface area contributed by atoms with Crippen molar-refractivity contribution in [2.45, 2.75) is 13.3 Å². The van der Waals surface area contributed by atoms with Gasteiger partial charge in [0.05, 0.1) is 16.3 Å². The molecular formula is C13H12FN3S. The molecule has 0 atom stereocenters. The van der Waals surface area contributed by atoms with Crippen LogP contribution in [0.3, 0.4) is 0 Å². The number of aromatic nitrogens is 1. The molecule has 5 heteroatoms. The van der Waals surface area contributed by atoms with Crippen LogP contribution in [-0.4, -0.2) is 4.98 Å². The molecule has 3 rings (SSSR count). The summed E-state index contributed by atoms with van der Waals surface area (Å²) in [7, 11) is 0. The van der Waals surface area contributed by atoms with E-state index in [2.05, 4.69) is 17.2 Å². The third-order valence-corrected chi connectivity index (χ3v) is 4.17. The van der Waals surface area contributed by atoms with E-state index in [0.29, 0.717) is 16.3 Å². The van der Waals surface area contributed by atoms with Crippen LogP contribution in [0.5, 0.6) is 0 Å². The molecule has 0 aromatic carbocycles. The average molecular weight is 261 g/mol. The van der Waals surface area contributed by atoms with Crippen molar-refractivity contribution in [2.24, 2.45) is 5.73 Å². The van der Waals surface area contributed by atoms with Gasteiger partial charge in [-0.1, -0.05) is 6.92 Å². The van der Waals surface area contributed by atoms with Crippen molar-refractivity contribution in [1.82, 2.24) is 4.98 Å². The van der Waals surface area contributed by atoms with Crippen molar-refractivity contribution >= 4 is 28.2 Å². The average Bonchev–Trinajstić information content (AvgIpc) is 2.74. The Morgan fingerprint density at radius 2 is 2.33 bits per heavy atom. The summed E-state index contributed by atoms with van der Waals surface area (Å²) < 4.78 is 13.7. The molecule has 0 amide bonds. The second-order valence-corrected chi connectivity index (χ2v) is 5.20. The Hall–Kier alpha value is -1.88. The highest BCUT2D eigenvalue weighted by Gasteiger charge is 2.14. The van der Waals surface area contributed by atoms with Crippen molar-refractivity contribution < 1.29 is 4.39 Å². The summed E-state index contributed by atoms with van der Waals surface area (Å²) in [5.41, 5.74) is 7.56. The van der Waals surface area contributed by atoms with Crippen LogP contribution >= 0.6 is 11.3 Å². The molecule has 18 heavy (non-hydrogen) atoms. The zero-order valence-electron chi connectivity index (χ0n) is 9.83. The first-order valence-corrected chi connectivity index (χ1v) is 6.52. The fourth-order valence-electron chi connectivity index (χ4n) is 1.99. The molecule has 3 heterocycles. The standard InChI is InChI=1S/C13H12FN3S/c1-2-7-5-8-11(15)12-9(6-17-13(8)18-7)10(14)3-4-16-12/h3-6,17H,2,15H2,1H3. The predicted molar refractivity (Wildman–Crippen MR) is 71.9 cm³/mol. The fraction of sp³-hybridized carbons (Fsp3) is 0.154. The van der Waals surface area contributed by atoms with Crippen LogP contribution in [0.25, 0.3) is 11.9 Å². The maximum atomic E-state index is 13.7. The van der Waals surface area contributed by atoms with Crippen molar-refractivity contribution in [2.75, 3.05) is 5.32 Å². The molecule has 0 radical (unpaired) electrons. The number of aryl methyl sites for hydroxylation is 1. The van der Waals surface area contributed by atoms with Crippen LogP contribution in [0.4, 0.5) is 9.39 Å². The second-order valence-electron chi connectivity index (χ2n) is 4.07. The summed E-state index contributed by atoms with van der Waals surface area (Å²) in [4.78, 5) is 5.43. The first-order chi connectivity index (χ1) is 8.70. The van der Waals surface area contributed by atoms with E-state index in [0.717, 1.165) is 17.0 Å². The van der Waals surface area contributed by atoms with Gasteiger partial charge >= 0.3 is 0 Å². The van der Waals surface area contributed by atoms with Crippen molar-refractivity contribution in [1.29, 1.82) is 0 Å². The molecule has 92 valence electrons. The lowest BCUT2D eigenvalue weighted by Crippen LogP contribution is -2.35. The Bertz CT molecular complexity index is 733. The maximum absolute atomic E-state index is 13.7. The number of nitrogens with zero attached hydrogens (tertiary/aromatic N) is 1. The van der Waals surface area contributed by atoms with Gasteiger partial charge in [-0.05, 0) is 18.6 Å². The normalized spacial score (nSPS) is 13.1. The lowest BCUT2D eigenvalue weighted by Gasteiger charge is -1.99. The first-order valence-electron chi connectivity index (χ1n) is 5.71. The Labute approximate surface area is 107 Å². The number of hydrogen-bond donors (Lipinski definition) is 2. The van der Waals surface area contributed by atoms with E-state index in [1.165, 1.54) is 17.1 Å². The molecule has 2 aromatic rings. The highest BCUT2D eigenvalue weighted by molar-refractivity contribution is 7.16. The second kappa shape index (κ2) is 4.10. The molecule has 3 nitrogen and oxygen atoms in total. The Balaban J connectivity index is 2.37. The fourth-order valence-corrected chi connectivity index (χ4v) is 2.97. The summed E-state index contributed by atoms with van der Waals surface area (Å²) in [5.74, 6) is -0.318. The molecule has 3 N–H and O–H groups in total. The summed E-state index contributed by atoms with van der Waals surface area (Å²) in [5, 5.41) is 4.98. The summed E-state index contributed by atoms with van der Waals surface area (Å²) in [6.45, 7) is 2.09. The molecule has 0 spiro atoms. The molecule has 0 saturated carbocycles. The van der Waals surface area contributed by atoms with Crippen LogP contribution < -0.4 is 21.6 Å². The summed E-state index contributed by atoms with van der Waals surface area (Å²) in [6, 6.07) is 3.37. The van der Waals surface area contributed by atoms with E-state index in [9.17, 15) is 4.39 Å². The van der Waals surface area contributed by atoms with E-state index in [4.69, 9.17) is 5.73 Å². The summed E-state index contributed by atoms with van der Waals surface area (Å²) in [6.07, 6.45) is 4.02. The highest BCUT2D eigenvalue weighted by atomic mass is 32.1. The number of rotatable bonds is 1. The van der Waals surface area contributed by atoms with Crippen LogP contribution in [0.1, 0.15) is 17.4 Å². The number of thiophene rings is 1. The zero-order chi connectivity index (χ0) is 12.7. The Kier molecular flexibility index (Phi) is 2.56. The largest absolute Gasteiger partial charge is 0.396 e. The smallest absolute Gasteiger partial charge is 0.135 e. The number of nitrogens with two attached hydrogens (primary N) is 1. The molecule has 2 aromatic heterocycles. The monoisotopic (exact) mass is 261 g/mol. The van der Waals surface area contributed by atoms with Crippen LogP contribution in [-0.2, 0) is 6.42 Å². The van der Waals surface area contributed by atoms with Gasteiger partial charge in [0.2, 0.25) is 0 Å². The Morgan fingerprint density at radius 3 is 3.11 bits per heavy atom. The topological polar surface area (TPSA) is 50.9 Å². The van der Waals surface area contributed by atoms with Gasteiger partial charge in [-0.2, -0.15) is 0 Å². The van der Waals surface area contributed by atoms with E-state index in [1.54, 1.807) is 17.5 Å². The van der Waals surface area contributed by atoms with Gasteiger partial charge in [0, 0.05) is 22.8 Å². The molecule has 0 bridgehead atoms. The minimum Gasteiger partial charge on any atom is -0.396 e. The van der Waals surface area contributed by atoms with Crippen molar-refractivity contribution in [3.8, 4) is 0 Å². The number of anilines is 1.